The Labute approximate surface area is 107 Å². The molecule has 2 atom stereocenters. The summed E-state index contributed by atoms with van der Waals surface area (Å²) < 4.78 is 13.0. The van der Waals surface area contributed by atoms with Gasteiger partial charge in [-0.15, -0.1) is 0 Å². The normalized spacial score (nSPS) is 21.9. The summed E-state index contributed by atoms with van der Waals surface area (Å²) in [4.78, 5) is 0. The van der Waals surface area contributed by atoms with Crippen LogP contribution >= 0.6 is 0 Å². The Morgan fingerprint density at radius 3 is 2.44 bits per heavy atom. The van der Waals surface area contributed by atoms with Crippen molar-refractivity contribution in [1.29, 1.82) is 0 Å². The van der Waals surface area contributed by atoms with Crippen LogP contribution in [0, 0.1) is 5.82 Å². The van der Waals surface area contributed by atoms with Crippen LogP contribution in [0.5, 0.6) is 0 Å². The van der Waals surface area contributed by atoms with Gasteiger partial charge in [0.15, 0.2) is 0 Å². The van der Waals surface area contributed by atoms with E-state index < -0.39 is 0 Å². The summed E-state index contributed by atoms with van der Waals surface area (Å²) in [6.45, 7) is 0. The molecule has 0 bridgehead atoms. The maximum atomic E-state index is 13.0. The molecule has 2 aromatic rings. The lowest BCUT2D eigenvalue weighted by atomic mass is 9.96. The molecule has 0 aromatic heterocycles. The molecule has 1 aliphatic rings. The van der Waals surface area contributed by atoms with Crippen molar-refractivity contribution >= 4 is 0 Å². The number of halogens is 1. The van der Waals surface area contributed by atoms with Crippen LogP contribution in [0.3, 0.4) is 0 Å². The zero-order valence-corrected chi connectivity index (χ0v) is 10.4. The average molecular weight is 241 g/mol. The van der Waals surface area contributed by atoms with E-state index in [4.69, 9.17) is 0 Å². The van der Waals surface area contributed by atoms with Crippen molar-refractivity contribution in [1.82, 2.24) is 5.32 Å². The van der Waals surface area contributed by atoms with Gasteiger partial charge < -0.3 is 5.32 Å². The van der Waals surface area contributed by atoms with Gasteiger partial charge >= 0.3 is 0 Å². The molecule has 0 aliphatic heterocycles. The Bertz CT molecular complexity index is 547. The Kier molecular flexibility index (Phi) is 2.88. The first-order valence-electron chi connectivity index (χ1n) is 6.31. The standard InChI is InChI=1S/C16H16FN/c1-18-16-10-15(16)14-5-3-2-4-13(14)11-6-8-12(17)9-7-11/h2-9,15-16,18H,10H2,1H3/t15-,16+/m0/s1. The van der Waals surface area contributed by atoms with Gasteiger partial charge in [0, 0.05) is 12.0 Å². The predicted octanol–water partition coefficient (Wildman–Crippen LogP) is 3.57. The van der Waals surface area contributed by atoms with E-state index in [0.29, 0.717) is 12.0 Å². The van der Waals surface area contributed by atoms with E-state index in [1.807, 2.05) is 25.2 Å². The van der Waals surface area contributed by atoms with Gasteiger partial charge in [0.05, 0.1) is 0 Å². The summed E-state index contributed by atoms with van der Waals surface area (Å²) in [5, 5.41) is 3.32. The van der Waals surface area contributed by atoms with Gasteiger partial charge in [-0.1, -0.05) is 36.4 Å². The summed E-state index contributed by atoms with van der Waals surface area (Å²) in [5.74, 6) is 0.409. The summed E-state index contributed by atoms with van der Waals surface area (Å²) in [6, 6.07) is 15.8. The highest BCUT2D eigenvalue weighted by atomic mass is 19.1. The highest BCUT2D eigenvalue weighted by Crippen LogP contribution is 2.44. The second-order valence-electron chi connectivity index (χ2n) is 4.83. The van der Waals surface area contributed by atoms with Crippen LogP contribution in [0.4, 0.5) is 4.39 Å². The molecule has 18 heavy (non-hydrogen) atoms. The molecule has 0 unspecified atom stereocenters. The van der Waals surface area contributed by atoms with Gasteiger partial charge in [-0.05, 0) is 42.3 Å². The molecule has 1 N–H and O–H groups in total. The zero-order chi connectivity index (χ0) is 12.5. The highest BCUT2D eigenvalue weighted by molar-refractivity contribution is 5.68. The van der Waals surface area contributed by atoms with Crippen molar-refractivity contribution in [3.8, 4) is 11.1 Å². The first kappa shape index (κ1) is 11.4. The van der Waals surface area contributed by atoms with Gasteiger partial charge in [-0.2, -0.15) is 0 Å². The van der Waals surface area contributed by atoms with Gasteiger partial charge in [0.2, 0.25) is 0 Å². The molecule has 0 saturated heterocycles. The summed E-state index contributed by atoms with van der Waals surface area (Å²) in [7, 11) is 2.01. The SMILES string of the molecule is CN[C@@H]1C[C@H]1c1ccccc1-c1ccc(F)cc1. The van der Waals surface area contributed by atoms with E-state index >= 15 is 0 Å². The van der Waals surface area contributed by atoms with Gasteiger partial charge in [0.25, 0.3) is 0 Å². The molecule has 0 amide bonds. The fraction of sp³-hybridized carbons (Fsp3) is 0.250. The molecule has 1 nitrogen and oxygen atoms in total. The molecule has 1 aliphatic carbocycles. The molecule has 0 radical (unpaired) electrons. The molecule has 92 valence electrons. The van der Waals surface area contributed by atoms with Gasteiger partial charge in [0.1, 0.15) is 5.82 Å². The predicted molar refractivity (Wildman–Crippen MR) is 72.0 cm³/mol. The second kappa shape index (κ2) is 4.54. The number of likely N-dealkylation sites (N-methyl/N-ethyl adjacent to an activating group) is 1. The zero-order valence-electron chi connectivity index (χ0n) is 10.4. The minimum absolute atomic E-state index is 0.184. The molecule has 2 heteroatoms. The minimum atomic E-state index is -0.184. The quantitative estimate of drug-likeness (QED) is 0.866. The highest BCUT2D eigenvalue weighted by Gasteiger charge is 2.38. The average Bonchev–Trinajstić information content (AvgIpc) is 3.19. The topological polar surface area (TPSA) is 12.0 Å². The number of benzene rings is 2. The molecule has 0 heterocycles. The van der Waals surface area contributed by atoms with Crippen molar-refractivity contribution in [3.63, 3.8) is 0 Å². The molecule has 0 spiro atoms. The third-order valence-electron chi connectivity index (χ3n) is 3.68. The van der Waals surface area contributed by atoms with Crippen LogP contribution in [0.25, 0.3) is 11.1 Å². The molecular formula is C16H16FN. The van der Waals surface area contributed by atoms with Crippen molar-refractivity contribution in [2.75, 3.05) is 7.05 Å². The fourth-order valence-corrected chi connectivity index (χ4v) is 2.57. The first-order valence-corrected chi connectivity index (χ1v) is 6.31. The number of hydrogen-bond acceptors (Lipinski definition) is 1. The lowest BCUT2D eigenvalue weighted by Gasteiger charge is -2.09. The van der Waals surface area contributed by atoms with Crippen molar-refractivity contribution in [3.05, 3.63) is 59.9 Å². The van der Waals surface area contributed by atoms with Crippen LogP contribution in [0.1, 0.15) is 17.9 Å². The molecule has 1 saturated carbocycles. The third kappa shape index (κ3) is 2.04. The van der Waals surface area contributed by atoms with Crippen LogP contribution in [-0.2, 0) is 0 Å². The van der Waals surface area contributed by atoms with Crippen LogP contribution in [0.2, 0.25) is 0 Å². The smallest absolute Gasteiger partial charge is 0.123 e. The van der Waals surface area contributed by atoms with Gasteiger partial charge in [-0.25, -0.2) is 4.39 Å². The summed E-state index contributed by atoms with van der Waals surface area (Å²) >= 11 is 0. The maximum absolute atomic E-state index is 13.0. The Hall–Kier alpha value is -1.67. The third-order valence-corrected chi connectivity index (χ3v) is 3.68. The van der Waals surface area contributed by atoms with Crippen LogP contribution in [-0.4, -0.2) is 13.1 Å². The second-order valence-corrected chi connectivity index (χ2v) is 4.83. The first-order chi connectivity index (χ1) is 8.79. The van der Waals surface area contributed by atoms with E-state index in [0.717, 1.165) is 5.56 Å². The number of nitrogens with one attached hydrogen (secondary N) is 1. The molecular weight excluding hydrogens is 225 g/mol. The Balaban J connectivity index is 1.99. The van der Waals surface area contributed by atoms with E-state index in [2.05, 4.69) is 23.5 Å². The van der Waals surface area contributed by atoms with Crippen LogP contribution < -0.4 is 5.32 Å². The Morgan fingerprint density at radius 2 is 1.78 bits per heavy atom. The number of rotatable bonds is 3. The van der Waals surface area contributed by atoms with E-state index in [1.54, 1.807) is 0 Å². The Morgan fingerprint density at radius 1 is 1.06 bits per heavy atom. The number of hydrogen-bond donors (Lipinski definition) is 1. The summed E-state index contributed by atoms with van der Waals surface area (Å²) in [6.07, 6.45) is 1.19. The molecule has 3 rings (SSSR count). The summed E-state index contributed by atoms with van der Waals surface area (Å²) in [5.41, 5.74) is 3.68. The van der Waals surface area contributed by atoms with Crippen LogP contribution in [0.15, 0.2) is 48.5 Å². The minimum Gasteiger partial charge on any atom is -0.316 e. The van der Waals surface area contributed by atoms with Crippen molar-refractivity contribution in [2.45, 2.75) is 18.4 Å². The van der Waals surface area contributed by atoms with Crippen molar-refractivity contribution in [2.24, 2.45) is 0 Å². The van der Waals surface area contributed by atoms with Gasteiger partial charge in [-0.3, -0.25) is 0 Å². The maximum Gasteiger partial charge on any atom is 0.123 e. The van der Waals surface area contributed by atoms with E-state index in [9.17, 15) is 4.39 Å². The fourth-order valence-electron chi connectivity index (χ4n) is 2.57. The van der Waals surface area contributed by atoms with E-state index in [-0.39, 0.29) is 5.82 Å². The van der Waals surface area contributed by atoms with E-state index in [1.165, 1.54) is 29.7 Å². The largest absolute Gasteiger partial charge is 0.316 e. The lowest BCUT2D eigenvalue weighted by Crippen LogP contribution is -2.10. The monoisotopic (exact) mass is 241 g/mol. The molecule has 1 fully saturated rings. The van der Waals surface area contributed by atoms with Crippen molar-refractivity contribution < 1.29 is 4.39 Å². The molecule has 2 aromatic carbocycles. The lowest BCUT2D eigenvalue weighted by molar-refractivity contribution is 0.628.